The SMILES string of the molecule is Cc1nc(-c2ccc(NC(=O)[C@@H]3CCCN3C(=O)c3cccs3)cc2)cs1. The zero-order chi connectivity index (χ0) is 18.8. The van der Waals surface area contributed by atoms with E-state index in [4.69, 9.17) is 0 Å². The fraction of sp³-hybridized carbons (Fsp3) is 0.250. The van der Waals surface area contributed by atoms with Crippen LogP contribution in [-0.4, -0.2) is 34.3 Å². The number of carbonyl (C=O) groups is 2. The minimum atomic E-state index is -0.416. The third kappa shape index (κ3) is 3.79. The molecule has 1 aliphatic heterocycles. The van der Waals surface area contributed by atoms with E-state index in [9.17, 15) is 9.59 Å². The van der Waals surface area contributed by atoms with E-state index in [2.05, 4.69) is 10.3 Å². The van der Waals surface area contributed by atoms with Gasteiger partial charge >= 0.3 is 0 Å². The molecule has 1 atom stereocenters. The van der Waals surface area contributed by atoms with Gasteiger partial charge < -0.3 is 10.2 Å². The van der Waals surface area contributed by atoms with Gasteiger partial charge in [-0.05, 0) is 43.3 Å². The van der Waals surface area contributed by atoms with Crippen molar-refractivity contribution in [1.29, 1.82) is 0 Å². The van der Waals surface area contributed by atoms with Crippen LogP contribution in [0.25, 0.3) is 11.3 Å². The molecule has 27 heavy (non-hydrogen) atoms. The number of amides is 2. The number of aryl methyl sites for hydroxylation is 1. The van der Waals surface area contributed by atoms with Crippen LogP contribution < -0.4 is 5.32 Å². The number of nitrogens with one attached hydrogen (secondary N) is 1. The molecular formula is C20H19N3O2S2. The fourth-order valence-electron chi connectivity index (χ4n) is 3.27. The van der Waals surface area contributed by atoms with Crippen molar-refractivity contribution in [3.05, 3.63) is 57.0 Å². The lowest BCUT2D eigenvalue weighted by Gasteiger charge is -2.23. The van der Waals surface area contributed by atoms with Crippen molar-refractivity contribution in [2.45, 2.75) is 25.8 Å². The molecule has 0 spiro atoms. The van der Waals surface area contributed by atoms with Gasteiger partial charge in [-0.2, -0.15) is 0 Å². The second-order valence-electron chi connectivity index (χ2n) is 6.45. The summed E-state index contributed by atoms with van der Waals surface area (Å²) in [5, 5.41) is 7.88. The first kappa shape index (κ1) is 17.9. The number of thiazole rings is 1. The molecule has 3 heterocycles. The second kappa shape index (κ2) is 7.62. The summed E-state index contributed by atoms with van der Waals surface area (Å²) in [6, 6.07) is 10.9. The van der Waals surface area contributed by atoms with Crippen LogP contribution in [0.15, 0.2) is 47.2 Å². The number of rotatable bonds is 4. The van der Waals surface area contributed by atoms with Crippen molar-refractivity contribution in [2.24, 2.45) is 0 Å². The summed E-state index contributed by atoms with van der Waals surface area (Å²) in [7, 11) is 0. The van der Waals surface area contributed by atoms with Gasteiger partial charge in [0.25, 0.3) is 5.91 Å². The number of nitrogens with zero attached hydrogens (tertiary/aromatic N) is 2. The monoisotopic (exact) mass is 397 g/mol. The van der Waals surface area contributed by atoms with Crippen LogP contribution in [0, 0.1) is 6.92 Å². The smallest absolute Gasteiger partial charge is 0.264 e. The Balaban J connectivity index is 1.44. The number of carbonyl (C=O) groups excluding carboxylic acids is 2. The van der Waals surface area contributed by atoms with Gasteiger partial charge in [-0.25, -0.2) is 4.98 Å². The third-order valence-electron chi connectivity index (χ3n) is 4.62. The first-order valence-electron chi connectivity index (χ1n) is 8.80. The average molecular weight is 398 g/mol. The molecule has 2 amide bonds. The van der Waals surface area contributed by atoms with Crippen LogP contribution in [0.3, 0.4) is 0 Å². The number of aromatic nitrogens is 1. The van der Waals surface area contributed by atoms with E-state index in [0.717, 1.165) is 28.4 Å². The number of hydrogen-bond donors (Lipinski definition) is 1. The lowest BCUT2D eigenvalue weighted by Crippen LogP contribution is -2.42. The Morgan fingerprint density at radius 3 is 2.67 bits per heavy atom. The van der Waals surface area contributed by atoms with Gasteiger partial charge in [0, 0.05) is 23.2 Å². The predicted molar refractivity (Wildman–Crippen MR) is 109 cm³/mol. The van der Waals surface area contributed by atoms with Gasteiger partial charge in [-0.1, -0.05) is 18.2 Å². The summed E-state index contributed by atoms with van der Waals surface area (Å²) in [6.07, 6.45) is 1.54. The van der Waals surface area contributed by atoms with E-state index >= 15 is 0 Å². The Morgan fingerprint density at radius 1 is 1.19 bits per heavy atom. The molecule has 2 aromatic heterocycles. The second-order valence-corrected chi connectivity index (χ2v) is 8.46. The number of likely N-dealkylation sites (tertiary alicyclic amines) is 1. The van der Waals surface area contributed by atoms with Gasteiger partial charge in [-0.15, -0.1) is 22.7 Å². The standard InChI is InChI=1S/C20H19N3O2S2/c1-13-21-16(12-27-13)14-6-8-15(9-7-14)22-19(24)17-4-2-10-23(17)20(25)18-5-3-11-26-18/h3,5-9,11-12,17H,2,4,10H2,1H3,(H,22,24)/t17-/m0/s1. The first-order valence-corrected chi connectivity index (χ1v) is 10.6. The summed E-state index contributed by atoms with van der Waals surface area (Å²) < 4.78 is 0. The van der Waals surface area contributed by atoms with E-state index in [1.54, 1.807) is 22.3 Å². The minimum absolute atomic E-state index is 0.0584. The summed E-state index contributed by atoms with van der Waals surface area (Å²) in [4.78, 5) is 32.2. The zero-order valence-corrected chi connectivity index (χ0v) is 16.5. The molecular weight excluding hydrogens is 378 g/mol. The molecule has 1 aromatic carbocycles. The number of benzene rings is 1. The van der Waals surface area contributed by atoms with Crippen molar-refractivity contribution >= 4 is 40.2 Å². The highest BCUT2D eigenvalue weighted by Gasteiger charge is 2.34. The van der Waals surface area contributed by atoms with Crippen LogP contribution in [0.4, 0.5) is 5.69 Å². The lowest BCUT2D eigenvalue weighted by molar-refractivity contribution is -0.119. The maximum absolute atomic E-state index is 12.7. The largest absolute Gasteiger partial charge is 0.326 e. The van der Waals surface area contributed by atoms with Crippen molar-refractivity contribution in [2.75, 3.05) is 11.9 Å². The van der Waals surface area contributed by atoms with E-state index in [-0.39, 0.29) is 11.8 Å². The molecule has 1 fully saturated rings. The van der Waals surface area contributed by atoms with Gasteiger partial charge in [0.05, 0.1) is 15.6 Å². The normalized spacial score (nSPS) is 16.5. The Hall–Kier alpha value is -2.51. The van der Waals surface area contributed by atoms with Crippen LogP contribution in [-0.2, 0) is 4.79 Å². The van der Waals surface area contributed by atoms with E-state index in [1.807, 2.05) is 48.0 Å². The highest BCUT2D eigenvalue weighted by Crippen LogP contribution is 2.25. The molecule has 138 valence electrons. The maximum Gasteiger partial charge on any atom is 0.264 e. The Kier molecular flexibility index (Phi) is 5.05. The van der Waals surface area contributed by atoms with Crippen LogP contribution in [0.5, 0.6) is 0 Å². The molecule has 1 aliphatic rings. The molecule has 5 nitrogen and oxygen atoms in total. The molecule has 0 bridgehead atoms. The summed E-state index contributed by atoms with van der Waals surface area (Å²) in [6.45, 7) is 2.60. The molecule has 0 radical (unpaired) electrons. The third-order valence-corrected chi connectivity index (χ3v) is 6.25. The lowest BCUT2D eigenvalue weighted by atomic mass is 10.1. The van der Waals surface area contributed by atoms with Crippen molar-refractivity contribution < 1.29 is 9.59 Å². The summed E-state index contributed by atoms with van der Waals surface area (Å²) in [5.41, 5.74) is 2.69. The van der Waals surface area contributed by atoms with Crippen LogP contribution in [0.2, 0.25) is 0 Å². The Bertz CT molecular complexity index is 948. The molecule has 0 saturated carbocycles. The van der Waals surface area contributed by atoms with Crippen molar-refractivity contribution in [3.8, 4) is 11.3 Å². The molecule has 0 unspecified atom stereocenters. The number of thiophene rings is 1. The van der Waals surface area contributed by atoms with Crippen molar-refractivity contribution in [1.82, 2.24) is 9.88 Å². The molecule has 0 aliphatic carbocycles. The summed E-state index contributed by atoms with van der Waals surface area (Å²) in [5.74, 6) is -0.188. The predicted octanol–water partition coefficient (Wildman–Crippen LogP) is 4.42. The van der Waals surface area contributed by atoms with E-state index < -0.39 is 6.04 Å². The topological polar surface area (TPSA) is 62.3 Å². The number of anilines is 1. The van der Waals surface area contributed by atoms with Gasteiger partial charge in [0.2, 0.25) is 5.91 Å². The van der Waals surface area contributed by atoms with E-state index in [0.29, 0.717) is 17.8 Å². The van der Waals surface area contributed by atoms with Gasteiger partial charge in [-0.3, -0.25) is 9.59 Å². The first-order chi connectivity index (χ1) is 13.1. The zero-order valence-electron chi connectivity index (χ0n) is 14.8. The molecule has 4 rings (SSSR count). The minimum Gasteiger partial charge on any atom is -0.326 e. The fourth-order valence-corrected chi connectivity index (χ4v) is 4.57. The average Bonchev–Trinajstić information content (AvgIpc) is 3.43. The quantitative estimate of drug-likeness (QED) is 0.709. The van der Waals surface area contributed by atoms with Gasteiger partial charge in [0.15, 0.2) is 0 Å². The van der Waals surface area contributed by atoms with Crippen LogP contribution >= 0.6 is 22.7 Å². The van der Waals surface area contributed by atoms with Crippen molar-refractivity contribution in [3.63, 3.8) is 0 Å². The number of hydrogen-bond acceptors (Lipinski definition) is 5. The van der Waals surface area contributed by atoms with Crippen LogP contribution in [0.1, 0.15) is 27.5 Å². The highest BCUT2D eigenvalue weighted by atomic mass is 32.1. The Labute approximate surface area is 165 Å². The highest BCUT2D eigenvalue weighted by molar-refractivity contribution is 7.12. The molecule has 1 saturated heterocycles. The van der Waals surface area contributed by atoms with E-state index in [1.165, 1.54) is 11.3 Å². The molecule has 3 aromatic rings. The summed E-state index contributed by atoms with van der Waals surface area (Å²) >= 11 is 3.02. The molecule has 1 N–H and O–H groups in total. The maximum atomic E-state index is 12.7. The Morgan fingerprint density at radius 2 is 2.00 bits per heavy atom. The van der Waals surface area contributed by atoms with Gasteiger partial charge in [0.1, 0.15) is 6.04 Å². The molecule has 7 heteroatoms.